The van der Waals surface area contributed by atoms with Crippen LogP contribution in [-0.4, -0.2) is 25.7 Å². The lowest BCUT2D eigenvalue weighted by molar-refractivity contribution is -0.154. The Labute approximate surface area is 71.2 Å². The average Bonchev–Trinajstić information content (AvgIpc) is 2.11. The van der Waals surface area contributed by atoms with E-state index in [1.807, 2.05) is 0 Å². The van der Waals surface area contributed by atoms with Crippen molar-refractivity contribution in [2.45, 2.75) is 13.8 Å². The smallest absolute Gasteiger partial charge is 0.344 e. The molecule has 4 heteroatoms. The predicted molar refractivity (Wildman–Crippen MR) is 42.4 cm³/mol. The Balaban J connectivity index is 3.80. The largest absolute Gasteiger partial charge is 0.466 e. The zero-order chi connectivity index (χ0) is 9.56. The number of allylic oxidation sites excluding steroid dienone is 1. The molecule has 0 radical (unpaired) electrons. The molecular weight excluding hydrogens is 160 g/mol. The molecule has 0 aliphatic rings. The fourth-order valence-electron chi connectivity index (χ4n) is 0.415. The van der Waals surface area contributed by atoms with Gasteiger partial charge in [-0.3, -0.25) is 0 Å². The first kappa shape index (κ1) is 10.7. The van der Waals surface area contributed by atoms with Crippen LogP contribution in [0.4, 0.5) is 0 Å². The van der Waals surface area contributed by atoms with Gasteiger partial charge in [0, 0.05) is 5.57 Å². The Morgan fingerprint density at radius 3 is 2.42 bits per heavy atom. The molecule has 0 saturated heterocycles. The third-order valence-corrected chi connectivity index (χ3v) is 1.30. The van der Waals surface area contributed by atoms with Gasteiger partial charge in [-0.25, -0.2) is 9.59 Å². The standard InChI is InChI=1S/C8H12O4/c1-4-6(2)8(10)12-5-7(9)11-3/h4H,5H2,1-3H3/b6-4+. The van der Waals surface area contributed by atoms with E-state index in [9.17, 15) is 9.59 Å². The lowest BCUT2D eigenvalue weighted by Crippen LogP contribution is -2.15. The van der Waals surface area contributed by atoms with Crippen molar-refractivity contribution in [1.29, 1.82) is 0 Å². The summed E-state index contributed by atoms with van der Waals surface area (Å²) in [4.78, 5) is 21.4. The topological polar surface area (TPSA) is 52.6 Å². The highest BCUT2D eigenvalue weighted by Crippen LogP contribution is 1.95. The summed E-state index contributed by atoms with van der Waals surface area (Å²) in [7, 11) is 1.23. The van der Waals surface area contributed by atoms with Gasteiger partial charge in [0.1, 0.15) is 0 Å². The Bertz CT molecular complexity index is 205. The normalized spacial score (nSPS) is 10.8. The van der Waals surface area contributed by atoms with Crippen LogP contribution in [0.1, 0.15) is 13.8 Å². The second kappa shape index (κ2) is 5.35. The van der Waals surface area contributed by atoms with Crippen LogP contribution < -0.4 is 0 Å². The van der Waals surface area contributed by atoms with Crippen molar-refractivity contribution in [2.75, 3.05) is 13.7 Å². The molecule has 0 rings (SSSR count). The maximum absolute atomic E-state index is 10.9. The van der Waals surface area contributed by atoms with Gasteiger partial charge in [0.05, 0.1) is 7.11 Å². The summed E-state index contributed by atoms with van der Waals surface area (Å²) in [5.74, 6) is -1.06. The summed E-state index contributed by atoms with van der Waals surface area (Å²) < 4.78 is 8.84. The Morgan fingerprint density at radius 2 is 2.00 bits per heavy atom. The molecule has 4 nitrogen and oxygen atoms in total. The van der Waals surface area contributed by atoms with E-state index >= 15 is 0 Å². The van der Waals surface area contributed by atoms with Crippen LogP contribution in [0, 0.1) is 0 Å². The molecule has 0 aromatic carbocycles. The van der Waals surface area contributed by atoms with Gasteiger partial charge in [-0.05, 0) is 13.8 Å². The van der Waals surface area contributed by atoms with Crippen LogP contribution >= 0.6 is 0 Å². The van der Waals surface area contributed by atoms with Crippen LogP contribution in [0.2, 0.25) is 0 Å². The molecule has 0 aromatic rings. The fourth-order valence-corrected chi connectivity index (χ4v) is 0.415. The molecule has 0 bridgehead atoms. The number of hydrogen-bond acceptors (Lipinski definition) is 4. The van der Waals surface area contributed by atoms with E-state index in [4.69, 9.17) is 0 Å². The molecule has 0 aliphatic heterocycles. The van der Waals surface area contributed by atoms with Crippen LogP contribution in [0.5, 0.6) is 0 Å². The van der Waals surface area contributed by atoms with E-state index in [0.29, 0.717) is 5.57 Å². The summed E-state index contributed by atoms with van der Waals surface area (Å²) in [5, 5.41) is 0. The summed E-state index contributed by atoms with van der Waals surface area (Å²) in [5.41, 5.74) is 0.471. The number of carbonyl (C=O) groups is 2. The van der Waals surface area contributed by atoms with Gasteiger partial charge in [-0.15, -0.1) is 0 Å². The summed E-state index contributed by atoms with van der Waals surface area (Å²) in [6.45, 7) is 2.99. The maximum atomic E-state index is 10.9. The molecule has 0 aromatic heterocycles. The van der Waals surface area contributed by atoms with Crippen molar-refractivity contribution in [3.63, 3.8) is 0 Å². The second-order valence-corrected chi connectivity index (χ2v) is 2.12. The van der Waals surface area contributed by atoms with E-state index in [-0.39, 0.29) is 6.61 Å². The number of esters is 2. The van der Waals surface area contributed by atoms with Gasteiger partial charge < -0.3 is 9.47 Å². The Kier molecular flexibility index (Phi) is 4.76. The van der Waals surface area contributed by atoms with Gasteiger partial charge >= 0.3 is 11.9 Å². The molecule has 68 valence electrons. The third kappa shape index (κ3) is 3.75. The quantitative estimate of drug-likeness (QED) is 0.463. The van der Waals surface area contributed by atoms with Crippen LogP contribution in [0.15, 0.2) is 11.6 Å². The lowest BCUT2D eigenvalue weighted by atomic mass is 10.3. The molecule has 0 atom stereocenters. The predicted octanol–water partition coefficient (Wildman–Crippen LogP) is 0.669. The maximum Gasteiger partial charge on any atom is 0.344 e. The molecule has 0 spiro atoms. The zero-order valence-corrected chi connectivity index (χ0v) is 7.42. The number of rotatable bonds is 3. The highest BCUT2D eigenvalue weighted by atomic mass is 16.6. The number of ether oxygens (including phenoxy) is 2. The van der Waals surface area contributed by atoms with Crippen molar-refractivity contribution < 1.29 is 19.1 Å². The lowest BCUT2D eigenvalue weighted by Gasteiger charge is -2.01. The summed E-state index contributed by atoms with van der Waals surface area (Å²) in [6.07, 6.45) is 1.61. The molecule has 0 N–H and O–H groups in total. The van der Waals surface area contributed by atoms with Crippen molar-refractivity contribution in [2.24, 2.45) is 0 Å². The first-order valence-corrected chi connectivity index (χ1v) is 3.48. The molecular formula is C8H12O4. The minimum atomic E-state index is -0.563. The van der Waals surface area contributed by atoms with Crippen LogP contribution in [0.25, 0.3) is 0 Å². The van der Waals surface area contributed by atoms with Crippen molar-refractivity contribution >= 4 is 11.9 Å². The van der Waals surface area contributed by atoms with E-state index in [1.54, 1.807) is 19.9 Å². The highest BCUT2D eigenvalue weighted by Gasteiger charge is 2.07. The van der Waals surface area contributed by atoms with Gasteiger partial charge in [-0.1, -0.05) is 6.08 Å². The summed E-state index contributed by atoms with van der Waals surface area (Å²) in [6, 6.07) is 0. The van der Waals surface area contributed by atoms with E-state index in [2.05, 4.69) is 9.47 Å². The number of carbonyl (C=O) groups excluding carboxylic acids is 2. The molecule has 0 fully saturated rings. The van der Waals surface area contributed by atoms with Gasteiger partial charge in [0.2, 0.25) is 0 Å². The van der Waals surface area contributed by atoms with E-state index < -0.39 is 11.9 Å². The SMILES string of the molecule is C/C=C(\C)C(=O)OCC(=O)OC. The number of methoxy groups -OCH3 is 1. The van der Waals surface area contributed by atoms with Gasteiger partial charge in [0.25, 0.3) is 0 Å². The van der Waals surface area contributed by atoms with E-state index in [1.165, 1.54) is 7.11 Å². The Hall–Kier alpha value is -1.32. The first-order chi connectivity index (χ1) is 5.61. The minimum absolute atomic E-state index is 0.333. The fraction of sp³-hybridized carbons (Fsp3) is 0.500. The van der Waals surface area contributed by atoms with Crippen molar-refractivity contribution in [3.8, 4) is 0 Å². The van der Waals surface area contributed by atoms with Crippen molar-refractivity contribution in [3.05, 3.63) is 11.6 Å². The molecule has 12 heavy (non-hydrogen) atoms. The van der Waals surface area contributed by atoms with Gasteiger partial charge in [-0.2, -0.15) is 0 Å². The van der Waals surface area contributed by atoms with E-state index in [0.717, 1.165) is 0 Å². The second-order valence-electron chi connectivity index (χ2n) is 2.12. The molecule has 0 aliphatic carbocycles. The molecule has 0 amide bonds. The summed E-state index contributed by atoms with van der Waals surface area (Å²) >= 11 is 0. The monoisotopic (exact) mass is 172 g/mol. The van der Waals surface area contributed by atoms with Crippen molar-refractivity contribution in [1.82, 2.24) is 0 Å². The molecule has 0 heterocycles. The first-order valence-electron chi connectivity index (χ1n) is 3.48. The average molecular weight is 172 g/mol. The van der Waals surface area contributed by atoms with Crippen LogP contribution in [-0.2, 0) is 19.1 Å². The highest BCUT2D eigenvalue weighted by molar-refractivity contribution is 5.89. The minimum Gasteiger partial charge on any atom is -0.466 e. The third-order valence-electron chi connectivity index (χ3n) is 1.30. The van der Waals surface area contributed by atoms with Gasteiger partial charge in [0.15, 0.2) is 6.61 Å². The molecule has 0 saturated carbocycles. The molecule has 0 unspecified atom stereocenters. The zero-order valence-electron chi connectivity index (χ0n) is 7.42. The number of hydrogen-bond donors (Lipinski definition) is 0. The Morgan fingerprint density at radius 1 is 1.42 bits per heavy atom. The van der Waals surface area contributed by atoms with Crippen LogP contribution in [0.3, 0.4) is 0 Å².